The summed E-state index contributed by atoms with van der Waals surface area (Å²) in [5.74, 6) is 1.68. The summed E-state index contributed by atoms with van der Waals surface area (Å²) in [5.41, 5.74) is 2.29. The van der Waals surface area contributed by atoms with Gasteiger partial charge in [0, 0.05) is 6.54 Å². The predicted molar refractivity (Wildman–Crippen MR) is 102 cm³/mol. The first-order chi connectivity index (χ1) is 11.6. The van der Waals surface area contributed by atoms with Gasteiger partial charge in [-0.25, -0.2) is 0 Å². The van der Waals surface area contributed by atoms with Gasteiger partial charge in [-0.1, -0.05) is 30.3 Å². The van der Waals surface area contributed by atoms with Gasteiger partial charge < -0.3 is 20.1 Å². The van der Waals surface area contributed by atoms with Crippen LogP contribution in [0, 0.1) is 0 Å². The summed E-state index contributed by atoms with van der Waals surface area (Å²) in [6.07, 6.45) is 0.794. The van der Waals surface area contributed by atoms with Crippen LogP contribution in [0.5, 0.6) is 11.5 Å². The standard InChI is InChI=1S/C19H24N2O2S/c1-14(15-7-5-4-6-8-15)21-19(24)20-12-11-16-13-17(22-2)9-10-18(16)23-3/h4-10,13-14H,11-12H2,1-3H3,(H2,20,21,24). The Bertz CT molecular complexity index is 662. The highest BCUT2D eigenvalue weighted by molar-refractivity contribution is 7.80. The minimum absolute atomic E-state index is 0.164. The Morgan fingerprint density at radius 1 is 1.08 bits per heavy atom. The van der Waals surface area contributed by atoms with E-state index in [1.807, 2.05) is 36.4 Å². The second kappa shape index (κ2) is 9.13. The van der Waals surface area contributed by atoms with Crippen molar-refractivity contribution in [3.8, 4) is 11.5 Å². The van der Waals surface area contributed by atoms with Gasteiger partial charge in [0.1, 0.15) is 11.5 Å². The molecule has 2 aromatic carbocycles. The fourth-order valence-corrected chi connectivity index (χ4v) is 2.74. The molecule has 1 atom stereocenters. The van der Waals surface area contributed by atoms with E-state index in [4.69, 9.17) is 21.7 Å². The largest absolute Gasteiger partial charge is 0.497 e. The monoisotopic (exact) mass is 344 g/mol. The van der Waals surface area contributed by atoms with Gasteiger partial charge in [-0.2, -0.15) is 0 Å². The molecule has 0 amide bonds. The van der Waals surface area contributed by atoms with E-state index in [-0.39, 0.29) is 6.04 Å². The molecule has 24 heavy (non-hydrogen) atoms. The quantitative estimate of drug-likeness (QED) is 0.753. The molecule has 0 heterocycles. The SMILES string of the molecule is COc1ccc(OC)c(CCNC(=S)NC(C)c2ccccc2)c1. The van der Waals surface area contributed by atoms with Crippen LogP contribution in [0.2, 0.25) is 0 Å². The van der Waals surface area contributed by atoms with E-state index in [2.05, 4.69) is 29.7 Å². The lowest BCUT2D eigenvalue weighted by Crippen LogP contribution is -2.37. The Morgan fingerprint density at radius 2 is 1.83 bits per heavy atom. The fourth-order valence-electron chi connectivity index (χ4n) is 2.46. The lowest BCUT2D eigenvalue weighted by molar-refractivity contribution is 0.398. The van der Waals surface area contributed by atoms with E-state index < -0.39 is 0 Å². The molecule has 4 nitrogen and oxygen atoms in total. The van der Waals surface area contributed by atoms with Crippen molar-refractivity contribution < 1.29 is 9.47 Å². The molecule has 0 aromatic heterocycles. The molecule has 2 aromatic rings. The molecule has 2 rings (SSSR count). The molecule has 0 aliphatic heterocycles. The zero-order chi connectivity index (χ0) is 17.4. The van der Waals surface area contributed by atoms with E-state index >= 15 is 0 Å². The van der Waals surface area contributed by atoms with Crippen molar-refractivity contribution in [2.75, 3.05) is 20.8 Å². The number of hydrogen-bond acceptors (Lipinski definition) is 3. The van der Waals surface area contributed by atoms with Crippen molar-refractivity contribution in [2.45, 2.75) is 19.4 Å². The zero-order valence-electron chi connectivity index (χ0n) is 14.3. The van der Waals surface area contributed by atoms with Crippen LogP contribution < -0.4 is 20.1 Å². The third kappa shape index (κ3) is 5.13. The lowest BCUT2D eigenvalue weighted by atomic mass is 10.1. The molecule has 0 fully saturated rings. The second-order valence-electron chi connectivity index (χ2n) is 5.46. The Morgan fingerprint density at radius 3 is 2.50 bits per heavy atom. The number of benzene rings is 2. The Balaban J connectivity index is 1.84. The smallest absolute Gasteiger partial charge is 0.166 e. The Labute approximate surface area is 149 Å². The van der Waals surface area contributed by atoms with Crippen LogP contribution in [0.15, 0.2) is 48.5 Å². The van der Waals surface area contributed by atoms with E-state index in [1.165, 1.54) is 5.56 Å². The van der Waals surface area contributed by atoms with Crippen molar-refractivity contribution in [3.63, 3.8) is 0 Å². The molecule has 0 aliphatic rings. The Hall–Kier alpha value is -2.27. The minimum atomic E-state index is 0.164. The van der Waals surface area contributed by atoms with Gasteiger partial charge in [-0.15, -0.1) is 0 Å². The van der Waals surface area contributed by atoms with Crippen LogP contribution in [0.3, 0.4) is 0 Å². The number of rotatable bonds is 7. The first-order valence-corrected chi connectivity index (χ1v) is 8.35. The summed E-state index contributed by atoms with van der Waals surface area (Å²) in [4.78, 5) is 0. The highest BCUT2D eigenvalue weighted by atomic mass is 32.1. The molecule has 1 unspecified atom stereocenters. The van der Waals surface area contributed by atoms with Crippen LogP contribution in [0.1, 0.15) is 24.1 Å². The van der Waals surface area contributed by atoms with Gasteiger partial charge >= 0.3 is 0 Å². The highest BCUT2D eigenvalue weighted by Gasteiger charge is 2.08. The summed E-state index contributed by atoms with van der Waals surface area (Å²) in [6, 6.07) is 16.2. The molecule has 2 N–H and O–H groups in total. The molecule has 0 spiro atoms. The maximum Gasteiger partial charge on any atom is 0.166 e. The van der Waals surface area contributed by atoms with E-state index in [1.54, 1.807) is 14.2 Å². The van der Waals surface area contributed by atoms with Crippen LogP contribution >= 0.6 is 12.2 Å². The van der Waals surface area contributed by atoms with Crippen LogP contribution in [0.4, 0.5) is 0 Å². The number of methoxy groups -OCH3 is 2. The summed E-state index contributed by atoms with van der Waals surface area (Å²) in [5, 5.41) is 7.19. The minimum Gasteiger partial charge on any atom is -0.497 e. The molecule has 0 bridgehead atoms. The summed E-state index contributed by atoms with van der Waals surface area (Å²) < 4.78 is 10.7. The third-order valence-corrected chi connectivity index (χ3v) is 4.08. The molecule has 0 saturated heterocycles. The van der Waals surface area contributed by atoms with Crippen LogP contribution in [-0.2, 0) is 6.42 Å². The van der Waals surface area contributed by atoms with Gasteiger partial charge in [0.2, 0.25) is 0 Å². The van der Waals surface area contributed by atoms with Gasteiger partial charge in [0.25, 0.3) is 0 Å². The predicted octanol–water partition coefficient (Wildman–Crippen LogP) is 3.47. The van der Waals surface area contributed by atoms with Crippen molar-refractivity contribution in [2.24, 2.45) is 0 Å². The van der Waals surface area contributed by atoms with Crippen molar-refractivity contribution in [3.05, 3.63) is 59.7 Å². The van der Waals surface area contributed by atoms with Gasteiger partial charge in [0.15, 0.2) is 5.11 Å². The number of nitrogens with one attached hydrogen (secondary N) is 2. The van der Waals surface area contributed by atoms with Crippen molar-refractivity contribution in [1.29, 1.82) is 0 Å². The van der Waals surface area contributed by atoms with Crippen LogP contribution in [-0.4, -0.2) is 25.9 Å². The van der Waals surface area contributed by atoms with Crippen molar-refractivity contribution >= 4 is 17.3 Å². The van der Waals surface area contributed by atoms with E-state index in [9.17, 15) is 0 Å². The van der Waals surface area contributed by atoms with E-state index in [0.717, 1.165) is 30.0 Å². The molecule has 0 saturated carbocycles. The average Bonchev–Trinajstić information content (AvgIpc) is 2.62. The molecule has 0 aliphatic carbocycles. The summed E-state index contributed by atoms with van der Waals surface area (Å²) >= 11 is 5.38. The zero-order valence-corrected chi connectivity index (χ0v) is 15.2. The molecular formula is C19H24N2O2S. The maximum atomic E-state index is 5.39. The number of hydrogen-bond donors (Lipinski definition) is 2. The van der Waals surface area contributed by atoms with Crippen molar-refractivity contribution in [1.82, 2.24) is 10.6 Å². The number of ether oxygens (including phenoxy) is 2. The molecule has 5 heteroatoms. The van der Waals surface area contributed by atoms with E-state index in [0.29, 0.717) is 5.11 Å². The van der Waals surface area contributed by atoms with Gasteiger partial charge in [-0.3, -0.25) is 0 Å². The van der Waals surface area contributed by atoms with Gasteiger partial charge in [-0.05, 0) is 54.9 Å². The fraction of sp³-hybridized carbons (Fsp3) is 0.316. The average molecular weight is 344 g/mol. The number of thiocarbonyl (C=S) groups is 1. The molecule has 128 valence electrons. The lowest BCUT2D eigenvalue weighted by Gasteiger charge is -2.17. The maximum absolute atomic E-state index is 5.39. The third-order valence-electron chi connectivity index (χ3n) is 3.81. The first kappa shape index (κ1) is 18.1. The topological polar surface area (TPSA) is 42.5 Å². The Kier molecular flexibility index (Phi) is 6.88. The molecule has 0 radical (unpaired) electrons. The second-order valence-corrected chi connectivity index (χ2v) is 5.87. The van der Waals surface area contributed by atoms with Crippen LogP contribution in [0.25, 0.3) is 0 Å². The first-order valence-electron chi connectivity index (χ1n) is 7.94. The van der Waals surface area contributed by atoms with Gasteiger partial charge in [0.05, 0.1) is 20.3 Å². The summed E-state index contributed by atoms with van der Waals surface area (Å²) in [6.45, 7) is 2.81. The normalized spacial score (nSPS) is 11.5. The highest BCUT2D eigenvalue weighted by Crippen LogP contribution is 2.24. The molecular weight excluding hydrogens is 320 g/mol. The summed E-state index contributed by atoms with van der Waals surface area (Å²) in [7, 11) is 3.33.